The van der Waals surface area contributed by atoms with Crippen LogP contribution in [0.5, 0.6) is 0 Å². The molecule has 1 fully saturated rings. The minimum atomic E-state index is 0.734. The zero-order valence-electron chi connectivity index (χ0n) is 9.62. The van der Waals surface area contributed by atoms with E-state index in [1.165, 1.54) is 29.8 Å². The second kappa shape index (κ2) is 4.34. The van der Waals surface area contributed by atoms with Crippen LogP contribution in [0.2, 0.25) is 0 Å². The fourth-order valence-electron chi connectivity index (χ4n) is 2.31. The number of rotatable bonds is 3. The molecule has 0 amide bonds. The molecule has 3 rings (SSSR count). The molecule has 0 atom stereocenters. The van der Waals surface area contributed by atoms with Crippen molar-refractivity contribution in [1.29, 1.82) is 0 Å². The third kappa shape index (κ3) is 1.96. The third-order valence-electron chi connectivity index (χ3n) is 3.25. The van der Waals surface area contributed by atoms with Crippen LogP contribution in [0.25, 0.3) is 0 Å². The Morgan fingerprint density at radius 1 is 1.38 bits per heavy atom. The van der Waals surface area contributed by atoms with Gasteiger partial charge >= 0.3 is 0 Å². The fourth-order valence-corrected chi connectivity index (χ4v) is 2.70. The Bertz CT molecular complexity index is 401. The van der Waals surface area contributed by atoms with Crippen molar-refractivity contribution >= 4 is 11.8 Å². The van der Waals surface area contributed by atoms with Crippen LogP contribution in [-0.2, 0) is 18.7 Å². The molecular weight excluding hydrogens is 218 g/mol. The smallest absolute Gasteiger partial charge is 0.138 e. The molecule has 1 aromatic rings. The highest BCUT2D eigenvalue weighted by Gasteiger charge is 2.30. The van der Waals surface area contributed by atoms with E-state index in [1.807, 2.05) is 0 Å². The topological polar surface area (TPSA) is 37.8 Å². The van der Waals surface area contributed by atoms with Gasteiger partial charge in [0.1, 0.15) is 5.82 Å². The maximum absolute atomic E-state index is 4.77. The maximum Gasteiger partial charge on any atom is 0.138 e. The van der Waals surface area contributed by atoms with Gasteiger partial charge in [-0.2, -0.15) is 11.8 Å². The van der Waals surface area contributed by atoms with E-state index in [9.17, 15) is 0 Å². The van der Waals surface area contributed by atoms with Gasteiger partial charge in [-0.25, -0.2) is 9.97 Å². The molecule has 2 aliphatic rings. The Hall–Kier alpha value is -0.610. The normalized spacial score (nSPS) is 19.6. The van der Waals surface area contributed by atoms with Gasteiger partial charge in [0.15, 0.2) is 0 Å². The first-order valence-corrected chi connectivity index (χ1v) is 7.36. The number of nitrogens with zero attached hydrogens (tertiary/aromatic N) is 2. The molecule has 1 saturated carbocycles. The zero-order chi connectivity index (χ0) is 11.0. The molecule has 1 aromatic heterocycles. The standard InChI is InChI=1S/C12H17N3S/c1-16-7-11-14-10-4-5-13-6-9(10)12(15-11)8-2-3-8/h8,13H,2-7H2,1H3. The Labute approximate surface area is 100 Å². The quantitative estimate of drug-likeness (QED) is 0.868. The van der Waals surface area contributed by atoms with Crippen LogP contribution < -0.4 is 5.32 Å². The fraction of sp³-hybridized carbons (Fsp3) is 0.667. The molecule has 0 spiro atoms. The molecule has 4 heteroatoms. The van der Waals surface area contributed by atoms with Crippen molar-refractivity contribution in [3.8, 4) is 0 Å². The molecule has 1 N–H and O–H groups in total. The van der Waals surface area contributed by atoms with Crippen molar-refractivity contribution in [3.05, 3.63) is 22.8 Å². The first-order chi connectivity index (χ1) is 7.88. The van der Waals surface area contributed by atoms with Gasteiger partial charge in [-0.3, -0.25) is 0 Å². The lowest BCUT2D eigenvalue weighted by molar-refractivity contribution is 0.612. The van der Waals surface area contributed by atoms with Crippen LogP contribution in [0.1, 0.15) is 41.5 Å². The summed E-state index contributed by atoms with van der Waals surface area (Å²) in [6.07, 6.45) is 5.82. The summed E-state index contributed by atoms with van der Waals surface area (Å²) in [6.45, 7) is 2.04. The molecule has 1 aliphatic heterocycles. The first kappa shape index (κ1) is 10.5. The predicted octanol–water partition coefficient (Wildman–Crippen LogP) is 1.86. The average Bonchev–Trinajstić information content (AvgIpc) is 3.12. The van der Waals surface area contributed by atoms with Crippen molar-refractivity contribution in [2.24, 2.45) is 0 Å². The van der Waals surface area contributed by atoms with Crippen molar-refractivity contribution in [3.63, 3.8) is 0 Å². The first-order valence-electron chi connectivity index (χ1n) is 5.96. The van der Waals surface area contributed by atoms with E-state index < -0.39 is 0 Å². The Kier molecular flexibility index (Phi) is 2.86. The van der Waals surface area contributed by atoms with E-state index in [-0.39, 0.29) is 0 Å². The van der Waals surface area contributed by atoms with Gasteiger partial charge in [0.05, 0.1) is 17.1 Å². The number of nitrogens with one attached hydrogen (secondary N) is 1. The Morgan fingerprint density at radius 3 is 3.00 bits per heavy atom. The molecule has 0 aromatic carbocycles. The number of hydrogen-bond acceptors (Lipinski definition) is 4. The van der Waals surface area contributed by atoms with Gasteiger partial charge in [0.2, 0.25) is 0 Å². The van der Waals surface area contributed by atoms with Crippen LogP contribution in [0.3, 0.4) is 0 Å². The Morgan fingerprint density at radius 2 is 2.25 bits per heavy atom. The van der Waals surface area contributed by atoms with E-state index in [0.29, 0.717) is 0 Å². The summed E-state index contributed by atoms with van der Waals surface area (Å²) >= 11 is 1.81. The largest absolute Gasteiger partial charge is 0.312 e. The summed E-state index contributed by atoms with van der Waals surface area (Å²) < 4.78 is 0. The van der Waals surface area contributed by atoms with E-state index in [2.05, 4.69) is 11.6 Å². The molecule has 16 heavy (non-hydrogen) atoms. The number of hydrogen-bond donors (Lipinski definition) is 1. The highest BCUT2D eigenvalue weighted by atomic mass is 32.2. The summed E-state index contributed by atoms with van der Waals surface area (Å²) in [5, 5.41) is 3.43. The summed E-state index contributed by atoms with van der Waals surface area (Å²) in [5.41, 5.74) is 4.06. The van der Waals surface area contributed by atoms with E-state index in [1.54, 1.807) is 11.8 Å². The second-order valence-electron chi connectivity index (χ2n) is 4.58. The minimum absolute atomic E-state index is 0.734. The lowest BCUT2D eigenvalue weighted by Gasteiger charge is -2.19. The maximum atomic E-state index is 4.77. The van der Waals surface area contributed by atoms with E-state index >= 15 is 0 Å². The monoisotopic (exact) mass is 235 g/mol. The lowest BCUT2D eigenvalue weighted by Crippen LogP contribution is -2.27. The molecule has 86 valence electrons. The highest BCUT2D eigenvalue weighted by Crippen LogP contribution is 2.41. The van der Waals surface area contributed by atoms with E-state index in [0.717, 1.165) is 37.0 Å². The minimum Gasteiger partial charge on any atom is -0.312 e. The molecular formula is C12H17N3S. The summed E-state index contributed by atoms with van der Waals surface area (Å²) in [7, 11) is 0. The summed E-state index contributed by atoms with van der Waals surface area (Å²) in [6, 6.07) is 0. The SMILES string of the molecule is CSCc1nc2c(c(C3CC3)n1)CNCC2. The molecule has 0 radical (unpaired) electrons. The molecule has 0 unspecified atom stereocenters. The molecule has 3 nitrogen and oxygen atoms in total. The zero-order valence-corrected chi connectivity index (χ0v) is 10.4. The molecule has 1 aliphatic carbocycles. The molecule has 2 heterocycles. The van der Waals surface area contributed by atoms with Crippen molar-refractivity contribution < 1.29 is 0 Å². The van der Waals surface area contributed by atoms with Crippen LogP contribution in [-0.4, -0.2) is 22.8 Å². The number of fused-ring (bicyclic) bond motifs is 1. The third-order valence-corrected chi connectivity index (χ3v) is 3.80. The molecule has 0 saturated heterocycles. The van der Waals surface area contributed by atoms with Crippen LogP contribution >= 0.6 is 11.8 Å². The number of thioether (sulfide) groups is 1. The van der Waals surface area contributed by atoms with Gasteiger partial charge in [-0.1, -0.05) is 0 Å². The van der Waals surface area contributed by atoms with Gasteiger partial charge in [0.25, 0.3) is 0 Å². The van der Waals surface area contributed by atoms with Crippen LogP contribution in [0.4, 0.5) is 0 Å². The lowest BCUT2D eigenvalue weighted by atomic mass is 10.0. The van der Waals surface area contributed by atoms with Gasteiger partial charge in [-0.05, 0) is 19.1 Å². The van der Waals surface area contributed by atoms with Gasteiger partial charge in [0, 0.05) is 31.0 Å². The van der Waals surface area contributed by atoms with Gasteiger partial charge < -0.3 is 5.32 Å². The van der Waals surface area contributed by atoms with Crippen LogP contribution in [0, 0.1) is 0 Å². The highest BCUT2D eigenvalue weighted by molar-refractivity contribution is 7.97. The summed E-state index contributed by atoms with van der Waals surface area (Å²) in [4.78, 5) is 9.47. The van der Waals surface area contributed by atoms with Crippen molar-refractivity contribution in [1.82, 2.24) is 15.3 Å². The predicted molar refractivity (Wildman–Crippen MR) is 66.6 cm³/mol. The molecule has 0 bridgehead atoms. The van der Waals surface area contributed by atoms with Crippen molar-refractivity contribution in [2.45, 2.75) is 37.5 Å². The average molecular weight is 235 g/mol. The van der Waals surface area contributed by atoms with E-state index in [4.69, 9.17) is 9.97 Å². The van der Waals surface area contributed by atoms with Gasteiger partial charge in [-0.15, -0.1) is 0 Å². The Balaban J connectivity index is 2.02. The van der Waals surface area contributed by atoms with Crippen LogP contribution in [0.15, 0.2) is 0 Å². The summed E-state index contributed by atoms with van der Waals surface area (Å²) in [5.74, 6) is 2.72. The number of aromatic nitrogens is 2. The van der Waals surface area contributed by atoms with Crippen molar-refractivity contribution in [2.75, 3.05) is 12.8 Å². The second-order valence-corrected chi connectivity index (χ2v) is 5.45.